The number of halogens is 7. The van der Waals surface area contributed by atoms with Crippen LogP contribution in [0.25, 0.3) is 0 Å². The Bertz CT molecular complexity index is 523. The summed E-state index contributed by atoms with van der Waals surface area (Å²) in [5.41, 5.74) is -5.18. The van der Waals surface area contributed by atoms with Crippen molar-refractivity contribution >= 4 is 5.69 Å². The smallest absolute Gasteiger partial charge is 0.388 e. The minimum Gasteiger partial charge on any atom is -0.388 e. The summed E-state index contributed by atoms with van der Waals surface area (Å²) in [4.78, 5) is 1.78. The fourth-order valence-corrected chi connectivity index (χ4v) is 2.29. The minimum absolute atomic E-state index is 0.213. The van der Waals surface area contributed by atoms with Crippen LogP contribution in [0.5, 0.6) is 0 Å². The number of alkyl halides is 7. The number of anilines is 1. The highest BCUT2D eigenvalue weighted by Gasteiger charge is 2.72. The Morgan fingerprint density at radius 1 is 0.958 bits per heavy atom. The number of benzene rings is 1. The number of hydrogen-bond donors (Lipinski definition) is 1. The van der Waals surface area contributed by atoms with Crippen molar-refractivity contribution in [3.63, 3.8) is 0 Å². The molecule has 1 aromatic rings. The molecule has 0 bridgehead atoms. The maximum Gasteiger partial charge on any atom is 0.431 e. The second kappa shape index (κ2) is 7.16. The Morgan fingerprint density at radius 2 is 1.46 bits per heavy atom. The molecule has 24 heavy (non-hydrogen) atoms. The van der Waals surface area contributed by atoms with Gasteiger partial charge in [-0.1, -0.05) is 12.1 Å². The van der Waals surface area contributed by atoms with Gasteiger partial charge in [0, 0.05) is 25.2 Å². The van der Waals surface area contributed by atoms with Crippen LogP contribution in [0, 0.1) is 0 Å². The van der Waals surface area contributed by atoms with Crippen LogP contribution >= 0.6 is 0 Å². The number of hydrogen-bond acceptors (Lipinski definition) is 2. The molecule has 1 unspecified atom stereocenters. The molecule has 0 aliphatic carbocycles. The molecule has 0 aliphatic heterocycles. The van der Waals surface area contributed by atoms with Crippen LogP contribution in [-0.4, -0.2) is 36.2 Å². The zero-order valence-corrected chi connectivity index (χ0v) is 13.0. The Balaban J connectivity index is 3.14. The van der Waals surface area contributed by atoms with Crippen molar-refractivity contribution in [2.24, 2.45) is 0 Å². The number of aliphatic hydroxyl groups excluding tert-OH is 1. The van der Waals surface area contributed by atoms with E-state index in [2.05, 4.69) is 0 Å². The van der Waals surface area contributed by atoms with Crippen LogP contribution in [0.15, 0.2) is 24.3 Å². The molecule has 1 rings (SSSR count). The highest BCUT2D eigenvalue weighted by Crippen LogP contribution is 2.50. The molecule has 1 N–H and O–H groups in total. The number of rotatable bonds is 6. The predicted molar refractivity (Wildman–Crippen MR) is 75.5 cm³/mol. The first kappa shape index (κ1) is 20.5. The molecule has 0 heterocycles. The van der Waals surface area contributed by atoms with Gasteiger partial charge in [0.25, 0.3) is 0 Å². The molecule has 0 saturated carbocycles. The summed E-state index contributed by atoms with van der Waals surface area (Å²) < 4.78 is 89.2. The summed E-state index contributed by atoms with van der Waals surface area (Å²) in [7, 11) is 0. The Labute approximate surface area is 134 Å². The average molecular weight is 361 g/mol. The molecule has 0 saturated heterocycles. The summed E-state index contributed by atoms with van der Waals surface area (Å²) in [6, 6.07) is 5.39. The third-order valence-corrected chi connectivity index (χ3v) is 3.76. The van der Waals surface area contributed by atoms with Crippen molar-refractivity contribution in [2.75, 3.05) is 18.0 Å². The zero-order chi connectivity index (χ0) is 18.8. The lowest BCUT2D eigenvalue weighted by atomic mass is 9.92. The van der Waals surface area contributed by atoms with E-state index < -0.39 is 30.5 Å². The molecule has 1 aromatic carbocycles. The van der Waals surface area contributed by atoms with Crippen LogP contribution in [0.1, 0.15) is 31.9 Å². The normalized spacial score (nSPS) is 14.6. The van der Waals surface area contributed by atoms with E-state index in [0.717, 1.165) is 6.07 Å². The monoisotopic (exact) mass is 361 g/mol. The largest absolute Gasteiger partial charge is 0.431 e. The molecule has 9 heteroatoms. The van der Waals surface area contributed by atoms with Crippen molar-refractivity contribution < 1.29 is 35.8 Å². The van der Waals surface area contributed by atoms with Gasteiger partial charge < -0.3 is 10.0 Å². The van der Waals surface area contributed by atoms with Crippen LogP contribution < -0.4 is 4.90 Å². The highest BCUT2D eigenvalue weighted by molar-refractivity contribution is 5.49. The lowest BCUT2D eigenvalue weighted by Gasteiger charge is -2.32. The molecule has 0 radical (unpaired) electrons. The van der Waals surface area contributed by atoms with Crippen LogP contribution in [0.2, 0.25) is 0 Å². The summed E-state index contributed by atoms with van der Waals surface area (Å²) in [6.07, 6.45) is -16.8. The summed E-state index contributed by atoms with van der Waals surface area (Å²) in [5, 5.41) is 9.78. The summed E-state index contributed by atoms with van der Waals surface area (Å²) >= 11 is 0. The Morgan fingerprint density at radius 3 is 1.88 bits per heavy atom. The average Bonchev–Trinajstić information content (AvgIpc) is 2.46. The fraction of sp³-hybridized carbons (Fsp3) is 0.600. The molecule has 138 valence electrons. The molecular formula is C15H18F7NO. The van der Waals surface area contributed by atoms with Gasteiger partial charge in [0.05, 0.1) is 6.10 Å². The van der Waals surface area contributed by atoms with Gasteiger partial charge in [-0.15, -0.1) is 0 Å². The van der Waals surface area contributed by atoms with Gasteiger partial charge in [-0.25, -0.2) is 4.39 Å². The van der Waals surface area contributed by atoms with Crippen molar-refractivity contribution in [2.45, 2.75) is 44.4 Å². The van der Waals surface area contributed by atoms with E-state index in [1.54, 1.807) is 11.0 Å². The third-order valence-electron chi connectivity index (χ3n) is 3.76. The van der Waals surface area contributed by atoms with E-state index in [0.29, 0.717) is 18.8 Å². The highest BCUT2D eigenvalue weighted by atomic mass is 19.4. The van der Waals surface area contributed by atoms with E-state index in [9.17, 15) is 35.8 Å². The molecule has 0 aromatic heterocycles. The van der Waals surface area contributed by atoms with Crippen LogP contribution in [-0.2, 0) is 0 Å². The summed E-state index contributed by atoms with van der Waals surface area (Å²) in [5.74, 6) is 0. The van der Waals surface area contributed by atoms with E-state index in [1.165, 1.54) is 12.1 Å². The number of aliphatic hydroxyl groups is 1. The first-order chi connectivity index (χ1) is 10.9. The lowest BCUT2D eigenvalue weighted by molar-refractivity contribution is -0.347. The fourth-order valence-electron chi connectivity index (χ4n) is 2.29. The van der Waals surface area contributed by atoms with Gasteiger partial charge in [-0.2, -0.15) is 26.3 Å². The van der Waals surface area contributed by atoms with E-state index in [4.69, 9.17) is 0 Å². The first-order valence-electron chi connectivity index (χ1n) is 7.22. The molecule has 0 fully saturated rings. The Hall–Kier alpha value is -1.51. The zero-order valence-electron chi connectivity index (χ0n) is 13.0. The molecule has 0 amide bonds. The Kier molecular flexibility index (Phi) is 6.13. The van der Waals surface area contributed by atoms with Crippen molar-refractivity contribution in [3.05, 3.63) is 29.8 Å². The van der Waals surface area contributed by atoms with Gasteiger partial charge in [-0.05, 0) is 31.5 Å². The SMILES string of the molecule is CCN(CC)c1cccc(C(O)CC(F)(C(F)(F)F)C(F)(F)F)c1. The van der Waals surface area contributed by atoms with Gasteiger partial charge in [0.2, 0.25) is 0 Å². The van der Waals surface area contributed by atoms with Crippen molar-refractivity contribution in [1.82, 2.24) is 0 Å². The second-order valence-corrected chi connectivity index (χ2v) is 5.28. The molecule has 1 atom stereocenters. The third kappa shape index (κ3) is 4.12. The van der Waals surface area contributed by atoms with Crippen LogP contribution in [0.3, 0.4) is 0 Å². The molecule has 0 aliphatic rings. The van der Waals surface area contributed by atoms with Crippen molar-refractivity contribution in [1.29, 1.82) is 0 Å². The molecule has 2 nitrogen and oxygen atoms in total. The van der Waals surface area contributed by atoms with Gasteiger partial charge in [0.15, 0.2) is 0 Å². The summed E-state index contributed by atoms with van der Waals surface area (Å²) in [6.45, 7) is 4.72. The maximum atomic E-state index is 13.7. The topological polar surface area (TPSA) is 23.5 Å². The molecular weight excluding hydrogens is 343 g/mol. The minimum atomic E-state index is -6.18. The van der Waals surface area contributed by atoms with E-state index in [1.807, 2.05) is 13.8 Å². The van der Waals surface area contributed by atoms with Gasteiger partial charge in [-0.3, -0.25) is 0 Å². The molecule has 0 spiro atoms. The standard InChI is InChI=1S/C15H18F7NO/c1-3-23(4-2)11-7-5-6-10(8-11)12(24)9-13(16,14(17,18)19)15(20,21)22/h5-8,12,24H,3-4,9H2,1-2H3. The number of nitrogens with zero attached hydrogens (tertiary/aromatic N) is 1. The predicted octanol–water partition coefficient (Wildman–Crippen LogP) is 4.79. The lowest BCUT2D eigenvalue weighted by Crippen LogP contribution is -2.54. The maximum absolute atomic E-state index is 13.7. The van der Waals surface area contributed by atoms with Gasteiger partial charge in [0.1, 0.15) is 0 Å². The first-order valence-corrected chi connectivity index (χ1v) is 7.22. The van der Waals surface area contributed by atoms with Gasteiger partial charge >= 0.3 is 18.0 Å². The van der Waals surface area contributed by atoms with Crippen molar-refractivity contribution in [3.8, 4) is 0 Å². The second-order valence-electron chi connectivity index (χ2n) is 5.28. The quantitative estimate of drug-likeness (QED) is 0.737. The van der Waals surface area contributed by atoms with E-state index >= 15 is 0 Å². The van der Waals surface area contributed by atoms with Crippen LogP contribution in [0.4, 0.5) is 36.4 Å². The van der Waals surface area contributed by atoms with E-state index in [-0.39, 0.29) is 5.56 Å².